The van der Waals surface area contributed by atoms with Crippen LogP contribution in [0.4, 0.5) is 5.69 Å². The van der Waals surface area contributed by atoms with E-state index >= 15 is 0 Å². The average molecular weight is 177 g/mol. The fourth-order valence-electron chi connectivity index (χ4n) is 0.929. The molecule has 0 aromatic heterocycles. The Morgan fingerprint density at radius 1 is 1.25 bits per heavy atom. The van der Waals surface area contributed by atoms with E-state index in [4.69, 9.17) is 0 Å². The second kappa shape index (κ2) is 4.77. The molecular formula is C10H15NSi. The van der Waals surface area contributed by atoms with Gasteiger partial charge in [0.15, 0.2) is 0 Å². The molecule has 0 aliphatic heterocycles. The molecule has 0 aliphatic carbocycles. The van der Waals surface area contributed by atoms with Gasteiger partial charge in [-0.1, -0.05) is 29.5 Å². The van der Waals surface area contributed by atoms with E-state index in [1.165, 1.54) is 11.3 Å². The van der Waals surface area contributed by atoms with Crippen molar-refractivity contribution in [1.29, 1.82) is 0 Å². The van der Waals surface area contributed by atoms with Crippen molar-refractivity contribution in [3.05, 3.63) is 41.6 Å². The van der Waals surface area contributed by atoms with Crippen LogP contribution in [0.25, 0.3) is 0 Å². The van der Waals surface area contributed by atoms with Gasteiger partial charge in [0.25, 0.3) is 0 Å². The zero-order valence-electron chi connectivity index (χ0n) is 7.67. The van der Waals surface area contributed by atoms with Gasteiger partial charge in [-0.25, -0.2) is 0 Å². The standard InChI is InChI=1S/C10H15NSi/c1-9(2)8-12-11-10-6-4-3-5-7-10/h3-8,11H,12H2,1-2H3. The normalized spacial score (nSPS) is 10.2. The van der Waals surface area contributed by atoms with Crippen molar-refractivity contribution in [3.63, 3.8) is 0 Å². The number of allylic oxidation sites excluding steroid dienone is 1. The van der Waals surface area contributed by atoms with Gasteiger partial charge in [0.1, 0.15) is 9.68 Å². The minimum atomic E-state index is -0.246. The molecule has 0 atom stereocenters. The molecule has 1 aromatic carbocycles. The highest BCUT2D eigenvalue weighted by molar-refractivity contribution is 6.46. The lowest BCUT2D eigenvalue weighted by atomic mass is 10.3. The highest BCUT2D eigenvalue weighted by Gasteiger charge is 1.85. The molecule has 0 unspecified atom stereocenters. The van der Waals surface area contributed by atoms with Crippen LogP contribution < -0.4 is 4.98 Å². The van der Waals surface area contributed by atoms with Gasteiger partial charge in [-0.3, -0.25) is 0 Å². The molecule has 1 N–H and O–H groups in total. The molecule has 0 aliphatic rings. The van der Waals surface area contributed by atoms with Crippen molar-refractivity contribution in [2.24, 2.45) is 0 Å². The molecule has 0 spiro atoms. The minimum Gasteiger partial charge on any atom is -0.412 e. The Hall–Kier alpha value is -1.02. The van der Waals surface area contributed by atoms with E-state index in [0.717, 1.165) is 0 Å². The fraction of sp³-hybridized carbons (Fsp3) is 0.200. The second-order valence-corrected chi connectivity index (χ2v) is 4.20. The van der Waals surface area contributed by atoms with Gasteiger partial charge in [0.05, 0.1) is 0 Å². The Balaban J connectivity index is 2.39. The molecule has 0 heterocycles. The third-order valence-corrected chi connectivity index (χ3v) is 3.22. The van der Waals surface area contributed by atoms with Gasteiger partial charge >= 0.3 is 0 Å². The first kappa shape index (κ1) is 9.07. The van der Waals surface area contributed by atoms with E-state index < -0.39 is 0 Å². The van der Waals surface area contributed by atoms with Crippen LogP contribution in [0.3, 0.4) is 0 Å². The van der Waals surface area contributed by atoms with Crippen LogP contribution in [0, 0.1) is 0 Å². The van der Waals surface area contributed by atoms with E-state index in [0.29, 0.717) is 0 Å². The van der Waals surface area contributed by atoms with Crippen LogP contribution in [0.5, 0.6) is 0 Å². The summed E-state index contributed by atoms with van der Waals surface area (Å²) in [5.74, 6) is 0. The number of hydrogen-bond donors (Lipinski definition) is 1. The van der Waals surface area contributed by atoms with Gasteiger partial charge in [-0.2, -0.15) is 0 Å². The molecule has 0 saturated heterocycles. The Bertz CT molecular complexity index is 250. The van der Waals surface area contributed by atoms with Crippen LogP contribution >= 0.6 is 0 Å². The van der Waals surface area contributed by atoms with Crippen molar-refractivity contribution in [1.82, 2.24) is 0 Å². The smallest absolute Gasteiger partial charge is 0.145 e. The van der Waals surface area contributed by atoms with Gasteiger partial charge in [-0.05, 0) is 26.0 Å². The summed E-state index contributed by atoms with van der Waals surface area (Å²) in [5, 5.41) is 0. The first-order valence-electron chi connectivity index (χ1n) is 4.21. The molecule has 0 radical (unpaired) electrons. The summed E-state index contributed by atoms with van der Waals surface area (Å²) in [5.41, 5.74) is 4.96. The summed E-state index contributed by atoms with van der Waals surface area (Å²) in [6.45, 7) is 4.28. The predicted octanol–water partition coefficient (Wildman–Crippen LogP) is 2.11. The summed E-state index contributed by atoms with van der Waals surface area (Å²) in [4.78, 5) is 3.44. The maximum absolute atomic E-state index is 3.44. The Morgan fingerprint density at radius 3 is 2.50 bits per heavy atom. The Kier molecular flexibility index (Phi) is 3.61. The van der Waals surface area contributed by atoms with Crippen LogP contribution in [0.1, 0.15) is 13.8 Å². The molecular weight excluding hydrogens is 162 g/mol. The molecule has 1 rings (SSSR count). The van der Waals surface area contributed by atoms with E-state index in [9.17, 15) is 0 Å². The topological polar surface area (TPSA) is 12.0 Å². The molecule has 1 nitrogen and oxygen atoms in total. The Labute approximate surface area is 76.4 Å². The zero-order chi connectivity index (χ0) is 8.81. The third-order valence-electron chi connectivity index (χ3n) is 1.59. The van der Waals surface area contributed by atoms with Crippen LogP contribution in [0.15, 0.2) is 41.6 Å². The maximum Gasteiger partial charge on any atom is 0.145 e. The monoisotopic (exact) mass is 177 g/mol. The van der Waals surface area contributed by atoms with E-state index in [1.54, 1.807) is 0 Å². The van der Waals surface area contributed by atoms with Crippen molar-refractivity contribution in [2.45, 2.75) is 13.8 Å². The number of rotatable bonds is 3. The minimum absolute atomic E-state index is 0.246. The molecule has 2 heteroatoms. The molecule has 1 aromatic rings. The van der Waals surface area contributed by atoms with E-state index in [-0.39, 0.29) is 9.68 Å². The summed E-state index contributed by atoms with van der Waals surface area (Å²) in [6, 6.07) is 10.4. The molecule has 12 heavy (non-hydrogen) atoms. The molecule has 0 bridgehead atoms. The Morgan fingerprint density at radius 2 is 1.92 bits per heavy atom. The summed E-state index contributed by atoms with van der Waals surface area (Å²) < 4.78 is 0. The summed E-state index contributed by atoms with van der Waals surface area (Å²) in [7, 11) is -0.246. The molecule has 0 fully saturated rings. The third kappa shape index (κ3) is 3.39. The molecule has 0 saturated carbocycles. The van der Waals surface area contributed by atoms with Crippen LogP contribution in [0.2, 0.25) is 0 Å². The van der Waals surface area contributed by atoms with Crippen molar-refractivity contribution in [3.8, 4) is 0 Å². The molecule has 64 valence electrons. The highest BCUT2D eigenvalue weighted by atomic mass is 28.2. The summed E-state index contributed by atoms with van der Waals surface area (Å²) in [6.07, 6.45) is 0. The van der Waals surface area contributed by atoms with Crippen LogP contribution in [-0.4, -0.2) is 9.68 Å². The highest BCUT2D eigenvalue weighted by Crippen LogP contribution is 2.03. The number of nitrogens with one attached hydrogen (secondary N) is 1. The fourth-order valence-corrected chi connectivity index (χ4v) is 1.91. The quantitative estimate of drug-likeness (QED) is 0.697. The maximum atomic E-state index is 3.44. The van der Waals surface area contributed by atoms with Crippen molar-refractivity contribution < 1.29 is 0 Å². The SMILES string of the molecule is CC(C)=C[SiH2]Nc1ccccc1. The second-order valence-electron chi connectivity index (χ2n) is 3.03. The first-order valence-corrected chi connectivity index (χ1v) is 5.73. The number of para-hydroxylation sites is 1. The number of anilines is 1. The largest absolute Gasteiger partial charge is 0.412 e. The lowest BCUT2D eigenvalue weighted by Crippen LogP contribution is -2.02. The summed E-state index contributed by atoms with van der Waals surface area (Å²) >= 11 is 0. The lowest BCUT2D eigenvalue weighted by molar-refractivity contribution is 1.41. The average Bonchev–Trinajstić information content (AvgIpc) is 2.05. The first-order chi connectivity index (χ1) is 5.79. The van der Waals surface area contributed by atoms with Crippen molar-refractivity contribution in [2.75, 3.05) is 4.98 Å². The van der Waals surface area contributed by atoms with Crippen molar-refractivity contribution >= 4 is 15.4 Å². The van der Waals surface area contributed by atoms with E-state index in [1.807, 2.05) is 6.07 Å². The van der Waals surface area contributed by atoms with Gasteiger partial charge in [0, 0.05) is 5.69 Å². The van der Waals surface area contributed by atoms with Gasteiger partial charge in [0.2, 0.25) is 0 Å². The van der Waals surface area contributed by atoms with Crippen LogP contribution in [-0.2, 0) is 0 Å². The zero-order valence-corrected chi connectivity index (χ0v) is 9.09. The number of hydrogen-bond acceptors (Lipinski definition) is 1. The predicted molar refractivity (Wildman–Crippen MR) is 58.0 cm³/mol. The molecule has 0 amide bonds. The number of benzene rings is 1. The van der Waals surface area contributed by atoms with E-state index in [2.05, 4.69) is 48.8 Å². The van der Waals surface area contributed by atoms with Gasteiger partial charge < -0.3 is 4.98 Å². The van der Waals surface area contributed by atoms with Gasteiger partial charge in [-0.15, -0.1) is 0 Å². The lowest BCUT2D eigenvalue weighted by Gasteiger charge is -2.01.